The minimum absolute atomic E-state index is 0.219. The van der Waals surface area contributed by atoms with Gasteiger partial charge in [-0.1, -0.05) is 26.0 Å². The molecular formula is C16H23N3O2. The summed E-state index contributed by atoms with van der Waals surface area (Å²) >= 11 is 0. The van der Waals surface area contributed by atoms with Crippen molar-refractivity contribution >= 4 is 17.5 Å². The fourth-order valence-corrected chi connectivity index (χ4v) is 2.67. The second-order valence-electron chi connectivity index (χ2n) is 5.33. The Bertz CT molecular complexity index is 513. The first-order valence-electron chi connectivity index (χ1n) is 7.50. The number of carbonyl (C=O) groups excluding carboxylic acids is 2. The molecule has 5 nitrogen and oxygen atoms in total. The summed E-state index contributed by atoms with van der Waals surface area (Å²) in [5.74, 6) is -0.490. The van der Waals surface area contributed by atoms with Crippen molar-refractivity contribution in [2.75, 3.05) is 18.0 Å². The molecule has 114 valence electrons. The van der Waals surface area contributed by atoms with Crippen molar-refractivity contribution in [1.29, 1.82) is 0 Å². The highest BCUT2D eigenvalue weighted by atomic mass is 16.2. The maximum atomic E-state index is 11.7. The van der Waals surface area contributed by atoms with Crippen LogP contribution >= 0.6 is 0 Å². The van der Waals surface area contributed by atoms with Gasteiger partial charge in [-0.05, 0) is 37.6 Å². The van der Waals surface area contributed by atoms with Gasteiger partial charge in [-0.3, -0.25) is 14.9 Å². The van der Waals surface area contributed by atoms with Gasteiger partial charge in [0.1, 0.15) is 6.04 Å². The second kappa shape index (κ2) is 6.72. The first-order chi connectivity index (χ1) is 10.1. The van der Waals surface area contributed by atoms with Gasteiger partial charge in [0.2, 0.25) is 11.8 Å². The fraction of sp³-hybridized carbons (Fsp3) is 0.500. The summed E-state index contributed by atoms with van der Waals surface area (Å²) in [5, 5.41) is 5.79. The van der Waals surface area contributed by atoms with Gasteiger partial charge >= 0.3 is 0 Å². The summed E-state index contributed by atoms with van der Waals surface area (Å²) in [6.07, 6.45) is 1.02. The zero-order valence-electron chi connectivity index (χ0n) is 12.8. The molecule has 0 aliphatic carbocycles. The molecule has 0 saturated carbocycles. The van der Waals surface area contributed by atoms with Crippen LogP contribution in [0.4, 0.5) is 5.69 Å². The van der Waals surface area contributed by atoms with Crippen LogP contribution in [0.15, 0.2) is 24.3 Å². The SMILES string of the molecule is CCNC(CC)c1ccc(N2CC(=O)NC(=O)C2C)cc1. The average Bonchev–Trinajstić information content (AvgIpc) is 2.49. The molecule has 0 bridgehead atoms. The highest BCUT2D eigenvalue weighted by Crippen LogP contribution is 2.23. The minimum Gasteiger partial charge on any atom is -0.350 e. The van der Waals surface area contributed by atoms with E-state index in [9.17, 15) is 9.59 Å². The van der Waals surface area contributed by atoms with Crippen molar-refractivity contribution in [3.8, 4) is 0 Å². The number of rotatable bonds is 5. The molecule has 2 amide bonds. The number of imide groups is 1. The van der Waals surface area contributed by atoms with Gasteiger partial charge in [-0.25, -0.2) is 0 Å². The molecule has 2 rings (SSSR count). The van der Waals surface area contributed by atoms with Gasteiger partial charge < -0.3 is 10.2 Å². The quantitative estimate of drug-likeness (QED) is 0.808. The number of carbonyl (C=O) groups is 2. The van der Waals surface area contributed by atoms with E-state index in [2.05, 4.69) is 36.6 Å². The smallest absolute Gasteiger partial charge is 0.249 e. The molecule has 0 aromatic heterocycles. The third kappa shape index (κ3) is 3.42. The molecule has 1 fully saturated rings. The number of nitrogens with one attached hydrogen (secondary N) is 2. The molecule has 21 heavy (non-hydrogen) atoms. The molecular weight excluding hydrogens is 266 g/mol. The number of amides is 2. The van der Waals surface area contributed by atoms with Crippen molar-refractivity contribution in [1.82, 2.24) is 10.6 Å². The lowest BCUT2D eigenvalue weighted by Gasteiger charge is -2.33. The Hall–Kier alpha value is -1.88. The highest BCUT2D eigenvalue weighted by Gasteiger charge is 2.30. The fourth-order valence-electron chi connectivity index (χ4n) is 2.67. The summed E-state index contributed by atoms with van der Waals surface area (Å²) in [5.41, 5.74) is 2.13. The van der Waals surface area contributed by atoms with E-state index in [1.54, 1.807) is 0 Å². The van der Waals surface area contributed by atoms with Crippen LogP contribution in [0.5, 0.6) is 0 Å². The molecule has 1 saturated heterocycles. The van der Waals surface area contributed by atoms with Crippen LogP contribution < -0.4 is 15.5 Å². The van der Waals surface area contributed by atoms with Gasteiger partial charge in [-0.2, -0.15) is 0 Å². The number of benzene rings is 1. The molecule has 0 radical (unpaired) electrons. The summed E-state index contributed by atoms with van der Waals surface area (Å²) in [7, 11) is 0. The lowest BCUT2D eigenvalue weighted by molar-refractivity contribution is -0.132. The van der Waals surface area contributed by atoms with Crippen molar-refractivity contribution < 1.29 is 9.59 Å². The van der Waals surface area contributed by atoms with Crippen LogP contribution in [-0.4, -0.2) is 30.9 Å². The summed E-state index contributed by atoms with van der Waals surface area (Å²) < 4.78 is 0. The number of nitrogens with zero attached hydrogens (tertiary/aromatic N) is 1. The number of piperazine rings is 1. The number of hydrogen-bond donors (Lipinski definition) is 2. The number of hydrogen-bond acceptors (Lipinski definition) is 4. The Morgan fingerprint density at radius 2 is 1.95 bits per heavy atom. The van der Waals surface area contributed by atoms with Crippen molar-refractivity contribution in [3.63, 3.8) is 0 Å². The van der Waals surface area contributed by atoms with Gasteiger partial charge in [0.05, 0.1) is 6.54 Å². The molecule has 1 aliphatic rings. The zero-order valence-corrected chi connectivity index (χ0v) is 12.8. The molecule has 1 aromatic rings. The third-order valence-corrected chi connectivity index (χ3v) is 3.91. The summed E-state index contributed by atoms with van der Waals surface area (Å²) in [4.78, 5) is 25.1. The molecule has 0 spiro atoms. The topological polar surface area (TPSA) is 61.4 Å². The normalized spacial score (nSPS) is 20.3. The third-order valence-electron chi connectivity index (χ3n) is 3.91. The molecule has 2 atom stereocenters. The highest BCUT2D eigenvalue weighted by molar-refractivity contribution is 6.04. The van der Waals surface area contributed by atoms with Gasteiger partial charge in [-0.15, -0.1) is 0 Å². The standard InChI is InChI=1S/C16H23N3O2/c1-4-14(17-5-2)12-6-8-13(9-7-12)19-10-15(20)18-16(21)11(19)3/h6-9,11,14,17H,4-5,10H2,1-3H3,(H,18,20,21). The minimum atomic E-state index is -0.329. The Morgan fingerprint density at radius 1 is 1.29 bits per heavy atom. The van der Waals surface area contributed by atoms with Crippen LogP contribution in [0.25, 0.3) is 0 Å². The van der Waals surface area contributed by atoms with E-state index in [1.807, 2.05) is 24.0 Å². The first-order valence-corrected chi connectivity index (χ1v) is 7.50. The Labute approximate surface area is 125 Å². The molecule has 1 aliphatic heterocycles. The predicted octanol–water partition coefficient (Wildman–Crippen LogP) is 1.60. The monoisotopic (exact) mass is 289 g/mol. The summed E-state index contributed by atoms with van der Waals surface area (Å²) in [6, 6.07) is 8.11. The Balaban J connectivity index is 2.18. The molecule has 5 heteroatoms. The van der Waals surface area contributed by atoms with E-state index in [1.165, 1.54) is 5.56 Å². The van der Waals surface area contributed by atoms with Crippen molar-refractivity contribution in [3.05, 3.63) is 29.8 Å². The van der Waals surface area contributed by atoms with Crippen LogP contribution in [-0.2, 0) is 9.59 Å². The van der Waals surface area contributed by atoms with E-state index >= 15 is 0 Å². The van der Waals surface area contributed by atoms with Crippen LogP contribution in [0, 0.1) is 0 Å². The molecule has 2 N–H and O–H groups in total. The molecule has 2 unspecified atom stereocenters. The molecule has 1 heterocycles. The Kier molecular flexibility index (Phi) is 4.96. The Morgan fingerprint density at radius 3 is 2.52 bits per heavy atom. The summed E-state index contributed by atoms with van der Waals surface area (Å²) in [6.45, 7) is 7.20. The van der Waals surface area contributed by atoms with Crippen LogP contribution in [0.1, 0.15) is 38.8 Å². The van der Waals surface area contributed by atoms with E-state index < -0.39 is 0 Å². The largest absolute Gasteiger partial charge is 0.350 e. The first kappa shape index (κ1) is 15.5. The average molecular weight is 289 g/mol. The number of anilines is 1. The van der Waals surface area contributed by atoms with E-state index in [-0.39, 0.29) is 24.4 Å². The zero-order chi connectivity index (χ0) is 15.4. The lowest BCUT2D eigenvalue weighted by atomic mass is 10.0. The second-order valence-corrected chi connectivity index (χ2v) is 5.33. The molecule has 1 aromatic carbocycles. The maximum absolute atomic E-state index is 11.7. The maximum Gasteiger partial charge on any atom is 0.249 e. The van der Waals surface area contributed by atoms with Crippen LogP contribution in [0.2, 0.25) is 0 Å². The van der Waals surface area contributed by atoms with E-state index in [0.29, 0.717) is 6.04 Å². The van der Waals surface area contributed by atoms with Crippen molar-refractivity contribution in [2.45, 2.75) is 39.3 Å². The van der Waals surface area contributed by atoms with Crippen LogP contribution in [0.3, 0.4) is 0 Å². The van der Waals surface area contributed by atoms with Gasteiger partial charge in [0.25, 0.3) is 0 Å². The predicted molar refractivity (Wildman–Crippen MR) is 83.1 cm³/mol. The van der Waals surface area contributed by atoms with E-state index in [4.69, 9.17) is 0 Å². The van der Waals surface area contributed by atoms with Crippen molar-refractivity contribution in [2.24, 2.45) is 0 Å². The lowest BCUT2D eigenvalue weighted by Crippen LogP contribution is -2.57. The van der Waals surface area contributed by atoms with E-state index in [0.717, 1.165) is 18.7 Å². The van der Waals surface area contributed by atoms with Gasteiger partial charge in [0, 0.05) is 11.7 Å². The van der Waals surface area contributed by atoms with Gasteiger partial charge in [0.15, 0.2) is 0 Å².